The zero-order valence-electron chi connectivity index (χ0n) is 11.3. The van der Waals surface area contributed by atoms with Gasteiger partial charge in [0.15, 0.2) is 0 Å². The maximum absolute atomic E-state index is 5.11. The third-order valence-corrected chi connectivity index (χ3v) is 3.06. The smallest absolute Gasteiger partial charge is 0.245 e. The summed E-state index contributed by atoms with van der Waals surface area (Å²) in [5, 5.41) is 9.36. The van der Waals surface area contributed by atoms with Crippen molar-refractivity contribution in [3.05, 3.63) is 11.4 Å². The monoisotopic (exact) mass is 316 g/mol. The Balaban J connectivity index is 2.89. The van der Waals surface area contributed by atoms with Crippen LogP contribution in [0.1, 0.15) is 25.2 Å². The first-order valence-electron chi connectivity index (χ1n) is 6.29. The van der Waals surface area contributed by atoms with E-state index in [9.17, 15) is 0 Å². The second-order valence-corrected chi connectivity index (χ2v) is 4.67. The Labute approximate surface area is 117 Å². The molecule has 0 atom stereocenters. The molecule has 0 saturated heterocycles. The molecule has 102 valence electrons. The zero-order chi connectivity index (χ0) is 13.4. The molecule has 1 heterocycles. The lowest BCUT2D eigenvalue weighted by atomic mass is 10.2. The summed E-state index contributed by atoms with van der Waals surface area (Å²) >= 11 is 3.44. The number of nitrogens with zero attached hydrogens (tertiary/aromatic N) is 4. The molecule has 1 rings (SSSR count). The Morgan fingerprint density at radius 2 is 1.83 bits per heavy atom. The van der Waals surface area contributed by atoms with Crippen LogP contribution < -0.4 is 4.90 Å². The van der Waals surface area contributed by atoms with Gasteiger partial charge >= 0.3 is 0 Å². The summed E-state index contributed by atoms with van der Waals surface area (Å²) in [6.45, 7) is 6.45. The van der Waals surface area contributed by atoms with Gasteiger partial charge in [-0.05, 0) is 12.8 Å². The average Bonchev–Trinajstić information content (AvgIpc) is 2.42. The molecule has 0 aliphatic carbocycles. The molecular formula is C12H21BrN4O. The van der Waals surface area contributed by atoms with Crippen LogP contribution in [0.3, 0.4) is 0 Å². The lowest BCUT2D eigenvalue weighted by Gasteiger charge is -2.21. The van der Waals surface area contributed by atoms with Crippen molar-refractivity contribution in [1.29, 1.82) is 0 Å². The molecule has 0 N–H and O–H groups in total. The highest BCUT2D eigenvalue weighted by Crippen LogP contribution is 2.11. The molecule has 0 bridgehead atoms. The normalized spacial score (nSPS) is 10.7. The third-order valence-electron chi connectivity index (χ3n) is 2.70. The molecule has 1 aromatic heterocycles. The fourth-order valence-corrected chi connectivity index (χ4v) is 2.11. The number of hydrogen-bond donors (Lipinski definition) is 0. The van der Waals surface area contributed by atoms with Crippen molar-refractivity contribution < 1.29 is 4.74 Å². The van der Waals surface area contributed by atoms with Crippen molar-refractivity contribution in [1.82, 2.24) is 15.2 Å². The fourth-order valence-electron chi connectivity index (χ4n) is 1.68. The predicted molar refractivity (Wildman–Crippen MR) is 76.5 cm³/mol. The van der Waals surface area contributed by atoms with Gasteiger partial charge in [0.05, 0.1) is 18.0 Å². The molecule has 0 fully saturated rings. The summed E-state index contributed by atoms with van der Waals surface area (Å²) < 4.78 is 5.11. The van der Waals surface area contributed by atoms with E-state index in [-0.39, 0.29) is 0 Å². The number of methoxy groups -OCH3 is 1. The molecule has 18 heavy (non-hydrogen) atoms. The van der Waals surface area contributed by atoms with Crippen LogP contribution in [0.4, 0.5) is 5.95 Å². The van der Waals surface area contributed by atoms with Crippen molar-refractivity contribution in [2.75, 3.05) is 37.0 Å². The van der Waals surface area contributed by atoms with E-state index in [2.05, 4.69) is 49.9 Å². The molecular weight excluding hydrogens is 296 g/mol. The zero-order valence-corrected chi connectivity index (χ0v) is 12.9. The largest absolute Gasteiger partial charge is 0.383 e. The molecule has 5 nitrogen and oxygen atoms in total. The fraction of sp³-hybridized carbons (Fsp3) is 0.750. The number of ether oxygens (including phenoxy) is 1. The van der Waals surface area contributed by atoms with Gasteiger partial charge in [-0.2, -0.15) is 5.10 Å². The number of anilines is 1. The first-order chi connectivity index (χ1) is 8.76. The first-order valence-corrected chi connectivity index (χ1v) is 7.41. The SMILES string of the molecule is CCc1nnc(N(CCBr)CCOC)nc1CC. The van der Waals surface area contributed by atoms with E-state index in [1.165, 1.54) is 0 Å². The number of hydrogen-bond acceptors (Lipinski definition) is 5. The second-order valence-electron chi connectivity index (χ2n) is 3.88. The molecule has 6 heteroatoms. The molecule has 0 radical (unpaired) electrons. The molecule has 0 saturated carbocycles. The predicted octanol–water partition coefficient (Wildman–Crippen LogP) is 1.84. The summed E-state index contributed by atoms with van der Waals surface area (Å²) in [6, 6.07) is 0. The second kappa shape index (κ2) is 8.37. The van der Waals surface area contributed by atoms with Gasteiger partial charge in [0.1, 0.15) is 0 Å². The summed E-state index contributed by atoms with van der Waals surface area (Å²) in [5.41, 5.74) is 2.03. The van der Waals surface area contributed by atoms with E-state index >= 15 is 0 Å². The van der Waals surface area contributed by atoms with Gasteiger partial charge < -0.3 is 9.64 Å². The Bertz CT molecular complexity index is 362. The third kappa shape index (κ3) is 4.17. The minimum absolute atomic E-state index is 0.660. The van der Waals surface area contributed by atoms with Gasteiger partial charge in [-0.25, -0.2) is 4.98 Å². The van der Waals surface area contributed by atoms with Crippen LogP contribution in [-0.4, -0.2) is 47.3 Å². The van der Waals surface area contributed by atoms with Crippen LogP contribution in [0, 0.1) is 0 Å². The lowest BCUT2D eigenvalue weighted by Crippen LogP contribution is -2.31. The van der Waals surface area contributed by atoms with Crippen LogP contribution in [0.5, 0.6) is 0 Å². The summed E-state index contributed by atoms with van der Waals surface area (Å²) in [4.78, 5) is 6.70. The van der Waals surface area contributed by atoms with Crippen molar-refractivity contribution in [2.45, 2.75) is 26.7 Å². The van der Waals surface area contributed by atoms with Crippen LogP contribution in [-0.2, 0) is 17.6 Å². The number of aromatic nitrogens is 3. The van der Waals surface area contributed by atoms with Gasteiger partial charge in [0.25, 0.3) is 0 Å². The van der Waals surface area contributed by atoms with Gasteiger partial charge in [-0.1, -0.05) is 29.8 Å². The van der Waals surface area contributed by atoms with Crippen molar-refractivity contribution >= 4 is 21.9 Å². The molecule has 0 amide bonds. The average molecular weight is 317 g/mol. The minimum Gasteiger partial charge on any atom is -0.383 e. The number of rotatable bonds is 8. The summed E-state index contributed by atoms with van der Waals surface area (Å²) in [6.07, 6.45) is 1.76. The Morgan fingerprint density at radius 1 is 1.11 bits per heavy atom. The van der Waals surface area contributed by atoms with E-state index in [4.69, 9.17) is 4.74 Å². The van der Waals surface area contributed by atoms with Crippen LogP contribution in [0.15, 0.2) is 0 Å². The van der Waals surface area contributed by atoms with Crippen molar-refractivity contribution in [3.63, 3.8) is 0 Å². The molecule has 0 aliphatic heterocycles. The standard InChI is InChI=1S/C12H21BrN4O/c1-4-10-11(5-2)15-16-12(14-10)17(7-6-13)8-9-18-3/h4-9H2,1-3H3. The van der Waals surface area contributed by atoms with Gasteiger partial charge in [0, 0.05) is 25.5 Å². The Kier molecular flexibility index (Phi) is 7.12. The number of alkyl halides is 1. The molecule has 0 aliphatic rings. The van der Waals surface area contributed by atoms with Gasteiger partial charge in [-0.3, -0.25) is 0 Å². The van der Waals surface area contributed by atoms with E-state index in [0.29, 0.717) is 12.6 Å². The topological polar surface area (TPSA) is 51.1 Å². The number of aryl methyl sites for hydroxylation is 2. The van der Waals surface area contributed by atoms with Crippen LogP contribution in [0.2, 0.25) is 0 Å². The van der Waals surface area contributed by atoms with E-state index in [1.54, 1.807) is 7.11 Å². The van der Waals surface area contributed by atoms with Gasteiger partial charge in [0.2, 0.25) is 5.95 Å². The first kappa shape index (κ1) is 15.3. The summed E-state index contributed by atoms with van der Waals surface area (Å²) in [5.74, 6) is 0.695. The highest BCUT2D eigenvalue weighted by atomic mass is 79.9. The maximum Gasteiger partial charge on any atom is 0.245 e. The number of halogens is 1. The Hall–Kier alpha value is -0.750. The summed E-state index contributed by atoms with van der Waals surface area (Å²) in [7, 11) is 1.70. The molecule has 0 aromatic carbocycles. The van der Waals surface area contributed by atoms with E-state index in [1.807, 2.05) is 0 Å². The lowest BCUT2D eigenvalue weighted by molar-refractivity contribution is 0.205. The maximum atomic E-state index is 5.11. The van der Waals surface area contributed by atoms with Crippen LogP contribution in [0.25, 0.3) is 0 Å². The van der Waals surface area contributed by atoms with Crippen LogP contribution >= 0.6 is 15.9 Å². The van der Waals surface area contributed by atoms with Crippen molar-refractivity contribution in [2.24, 2.45) is 0 Å². The minimum atomic E-state index is 0.660. The highest BCUT2D eigenvalue weighted by molar-refractivity contribution is 9.09. The quantitative estimate of drug-likeness (QED) is 0.685. The molecule has 0 unspecified atom stereocenters. The Morgan fingerprint density at radius 3 is 2.39 bits per heavy atom. The molecule has 0 spiro atoms. The van der Waals surface area contributed by atoms with Gasteiger partial charge in [-0.15, -0.1) is 5.10 Å². The van der Waals surface area contributed by atoms with E-state index in [0.717, 1.165) is 42.6 Å². The van der Waals surface area contributed by atoms with Crippen molar-refractivity contribution in [3.8, 4) is 0 Å². The highest BCUT2D eigenvalue weighted by Gasteiger charge is 2.12. The molecule has 1 aromatic rings. The van der Waals surface area contributed by atoms with E-state index < -0.39 is 0 Å².